The Kier molecular flexibility index (Phi) is 3.97. The number of pyridine rings is 1. The Balaban J connectivity index is 2.10. The van der Waals surface area contributed by atoms with Crippen molar-refractivity contribution in [2.45, 2.75) is 44.7 Å². The van der Waals surface area contributed by atoms with Crippen molar-refractivity contribution in [3.63, 3.8) is 0 Å². The number of nitrogens with two attached hydrogens (primary N) is 1. The number of hydrogen-bond acceptors (Lipinski definition) is 3. The molecule has 1 fully saturated rings. The molecule has 0 radical (unpaired) electrons. The minimum Gasteiger partial charge on any atom is -0.337 e. The Morgan fingerprint density at radius 3 is 2.72 bits per heavy atom. The molecule has 2 N–H and O–H groups in total. The maximum Gasteiger partial charge on any atom is 0.255 e. The summed E-state index contributed by atoms with van der Waals surface area (Å²) in [6.07, 6.45) is 5.98. The Morgan fingerprint density at radius 1 is 1.39 bits per heavy atom. The van der Waals surface area contributed by atoms with Crippen molar-refractivity contribution in [2.75, 3.05) is 7.05 Å². The lowest BCUT2D eigenvalue weighted by molar-refractivity contribution is 0.0672. The van der Waals surface area contributed by atoms with Crippen LogP contribution in [0, 0.1) is 6.92 Å². The van der Waals surface area contributed by atoms with Crippen molar-refractivity contribution < 1.29 is 4.79 Å². The van der Waals surface area contributed by atoms with E-state index in [0.29, 0.717) is 5.56 Å². The number of carbonyl (C=O) groups excluding carboxylic acids is 1. The first-order valence-corrected chi connectivity index (χ1v) is 6.55. The predicted molar refractivity (Wildman–Crippen MR) is 71.3 cm³/mol. The minimum atomic E-state index is 0.0184. The third-order valence-corrected chi connectivity index (χ3v) is 3.76. The van der Waals surface area contributed by atoms with Gasteiger partial charge in [0.05, 0.1) is 5.56 Å². The Hall–Kier alpha value is -1.42. The summed E-state index contributed by atoms with van der Waals surface area (Å²) in [7, 11) is 1.85. The highest BCUT2D eigenvalue weighted by atomic mass is 16.2. The summed E-state index contributed by atoms with van der Waals surface area (Å²) in [5.41, 5.74) is 7.67. The van der Waals surface area contributed by atoms with Crippen LogP contribution in [0.1, 0.15) is 41.7 Å². The van der Waals surface area contributed by atoms with E-state index in [1.165, 1.54) is 6.42 Å². The third kappa shape index (κ3) is 2.70. The van der Waals surface area contributed by atoms with Gasteiger partial charge < -0.3 is 10.6 Å². The molecule has 1 aliphatic rings. The van der Waals surface area contributed by atoms with Gasteiger partial charge in [-0.1, -0.05) is 12.8 Å². The van der Waals surface area contributed by atoms with Crippen molar-refractivity contribution in [2.24, 2.45) is 5.73 Å². The van der Waals surface area contributed by atoms with Gasteiger partial charge in [-0.05, 0) is 31.9 Å². The van der Waals surface area contributed by atoms with Crippen LogP contribution in [0.4, 0.5) is 0 Å². The number of hydrogen-bond donors (Lipinski definition) is 1. The number of aromatic nitrogens is 1. The van der Waals surface area contributed by atoms with E-state index < -0.39 is 0 Å². The topological polar surface area (TPSA) is 59.2 Å². The number of rotatable bonds is 2. The summed E-state index contributed by atoms with van der Waals surface area (Å²) >= 11 is 0. The molecule has 4 heteroatoms. The molecule has 1 saturated carbocycles. The zero-order chi connectivity index (χ0) is 13.1. The van der Waals surface area contributed by atoms with Crippen molar-refractivity contribution >= 4 is 5.91 Å². The monoisotopic (exact) mass is 247 g/mol. The zero-order valence-corrected chi connectivity index (χ0v) is 11.1. The molecule has 0 saturated heterocycles. The van der Waals surface area contributed by atoms with Crippen LogP contribution < -0.4 is 5.73 Å². The molecule has 2 rings (SSSR count). The number of likely N-dealkylation sites (N-methyl/N-ethyl adjacent to an activating group) is 1. The first-order valence-electron chi connectivity index (χ1n) is 6.55. The van der Waals surface area contributed by atoms with Crippen molar-refractivity contribution in [3.05, 3.63) is 29.6 Å². The van der Waals surface area contributed by atoms with Crippen molar-refractivity contribution in [3.8, 4) is 0 Å². The number of nitrogens with zero attached hydrogens (tertiary/aromatic N) is 2. The van der Waals surface area contributed by atoms with Crippen LogP contribution in [-0.2, 0) is 0 Å². The van der Waals surface area contributed by atoms with Gasteiger partial charge >= 0.3 is 0 Å². The lowest BCUT2D eigenvalue weighted by Crippen LogP contribution is -2.50. The molecule has 2 unspecified atom stereocenters. The Labute approximate surface area is 108 Å². The molecular formula is C14H21N3O. The smallest absolute Gasteiger partial charge is 0.255 e. The van der Waals surface area contributed by atoms with Gasteiger partial charge in [-0.2, -0.15) is 0 Å². The fourth-order valence-electron chi connectivity index (χ4n) is 2.57. The molecule has 0 aliphatic heterocycles. The van der Waals surface area contributed by atoms with Crippen molar-refractivity contribution in [1.82, 2.24) is 9.88 Å². The number of aryl methyl sites for hydroxylation is 1. The summed E-state index contributed by atoms with van der Waals surface area (Å²) in [6, 6.07) is 3.95. The van der Waals surface area contributed by atoms with E-state index in [1.54, 1.807) is 11.1 Å². The van der Waals surface area contributed by atoms with Crippen LogP contribution in [-0.4, -0.2) is 34.9 Å². The molecule has 98 valence electrons. The van der Waals surface area contributed by atoms with Crippen LogP contribution in [0.15, 0.2) is 18.3 Å². The second-order valence-electron chi connectivity index (χ2n) is 5.12. The van der Waals surface area contributed by atoms with Gasteiger partial charge in [0.1, 0.15) is 0 Å². The maximum absolute atomic E-state index is 12.3. The normalized spacial score (nSPS) is 23.7. The summed E-state index contributed by atoms with van der Waals surface area (Å²) < 4.78 is 0. The quantitative estimate of drug-likeness (QED) is 0.866. The average molecular weight is 247 g/mol. The highest BCUT2D eigenvalue weighted by molar-refractivity contribution is 5.94. The molecule has 1 aromatic rings. The molecule has 2 atom stereocenters. The molecule has 0 spiro atoms. The molecule has 18 heavy (non-hydrogen) atoms. The second kappa shape index (κ2) is 5.48. The van der Waals surface area contributed by atoms with Gasteiger partial charge in [-0.3, -0.25) is 9.78 Å². The average Bonchev–Trinajstić information content (AvgIpc) is 2.38. The molecule has 1 aromatic heterocycles. The van der Waals surface area contributed by atoms with Gasteiger partial charge in [-0.15, -0.1) is 0 Å². The number of amides is 1. The van der Waals surface area contributed by atoms with E-state index in [-0.39, 0.29) is 18.0 Å². The molecule has 0 aromatic carbocycles. The molecule has 4 nitrogen and oxygen atoms in total. The standard InChI is InChI=1S/C14H21N3O/c1-10-7-8-11(9-16-10)14(18)17(2)13-6-4-3-5-12(13)15/h7-9,12-13H,3-6,15H2,1-2H3. The van der Waals surface area contributed by atoms with E-state index in [0.717, 1.165) is 25.0 Å². The molecule has 1 aliphatic carbocycles. The highest BCUT2D eigenvalue weighted by Gasteiger charge is 2.28. The van der Waals surface area contributed by atoms with Gasteiger partial charge in [0, 0.05) is 31.0 Å². The molecule has 1 amide bonds. The van der Waals surface area contributed by atoms with Crippen molar-refractivity contribution in [1.29, 1.82) is 0 Å². The highest BCUT2D eigenvalue weighted by Crippen LogP contribution is 2.22. The minimum absolute atomic E-state index is 0.0184. The van der Waals surface area contributed by atoms with Crippen LogP contribution in [0.2, 0.25) is 0 Å². The van der Waals surface area contributed by atoms with E-state index in [9.17, 15) is 4.79 Å². The summed E-state index contributed by atoms with van der Waals surface area (Å²) in [6.45, 7) is 1.91. The second-order valence-corrected chi connectivity index (χ2v) is 5.12. The summed E-state index contributed by atoms with van der Waals surface area (Å²) in [5.74, 6) is 0.0184. The van der Waals surface area contributed by atoms with Crippen LogP contribution in [0.5, 0.6) is 0 Å². The molecule has 0 bridgehead atoms. The van der Waals surface area contributed by atoms with Gasteiger partial charge in [0.15, 0.2) is 0 Å². The van der Waals surface area contributed by atoms with Gasteiger partial charge in [0.25, 0.3) is 5.91 Å². The fourth-order valence-corrected chi connectivity index (χ4v) is 2.57. The predicted octanol–water partition coefficient (Wildman–Crippen LogP) is 1.73. The maximum atomic E-state index is 12.3. The first-order chi connectivity index (χ1) is 8.59. The van der Waals surface area contributed by atoms with Crippen LogP contribution in [0.3, 0.4) is 0 Å². The lowest BCUT2D eigenvalue weighted by atomic mass is 9.90. The zero-order valence-electron chi connectivity index (χ0n) is 11.1. The van der Waals surface area contributed by atoms with Gasteiger partial charge in [0.2, 0.25) is 0 Å². The summed E-state index contributed by atoms with van der Waals surface area (Å²) in [4.78, 5) is 18.3. The summed E-state index contributed by atoms with van der Waals surface area (Å²) in [5, 5.41) is 0. The largest absolute Gasteiger partial charge is 0.337 e. The SMILES string of the molecule is Cc1ccc(C(=O)N(C)C2CCCCC2N)cn1. The van der Waals surface area contributed by atoms with Crippen LogP contribution >= 0.6 is 0 Å². The van der Waals surface area contributed by atoms with Gasteiger partial charge in [-0.25, -0.2) is 0 Å². The Bertz CT molecular complexity index is 416. The van der Waals surface area contributed by atoms with E-state index in [2.05, 4.69) is 4.98 Å². The van der Waals surface area contributed by atoms with E-state index >= 15 is 0 Å². The fraction of sp³-hybridized carbons (Fsp3) is 0.571. The lowest BCUT2D eigenvalue weighted by Gasteiger charge is -2.36. The molecular weight excluding hydrogens is 226 g/mol. The third-order valence-electron chi connectivity index (χ3n) is 3.76. The Morgan fingerprint density at radius 2 is 2.11 bits per heavy atom. The number of carbonyl (C=O) groups is 1. The van der Waals surface area contributed by atoms with E-state index in [4.69, 9.17) is 5.73 Å². The van der Waals surface area contributed by atoms with E-state index in [1.807, 2.05) is 26.1 Å². The van der Waals surface area contributed by atoms with Crippen LogP contribution in [0.25, 0.3) is 0 Å². The first kappa shape index (κ1) is 13.0. The molecule has 1 heterocycles.